The van der Waals surface area contributed by atoms with Crippen molar-refractivity contribution in [1.82, 2.24) is 0 Å². The summed E-state index contributed by atoms with van der Waals surface area (Å²) in [6.45, 7) is 0. The molecule has 0 heterocycles. The maximum Gasteiger partial charge on any atom is 0.0316 e. The molecule has 0 aromatic heterocycles. The summed E-state index contributed by atoms with van der Waals surface area (Å²) in [5.41, 5.74) is 0. The molecule has 0 spiro atoms. The zero-order valence-electron chi connectivity index (χ0n) is 16.6. The maximum absolute atomic E-state index is 4.78. The van der Waals surface area contributed by atoms with E-state index in [0.717, 1.165) is 81.5 Å². The lowest BCUT2D eigenvalue weighted by atomic mass is 10.00. The number of hydrogen-bond acceptors (Lipinski definition) is 9. The average Bonchev–Trinajstić information content (AvgIpc) is 2.67. The van der Waals surface area contributed by atoms with E-state index < -0.39 is 0 Å². The lowest BCUT2D eigenvalue weighted by molar-refractivity contribution is 0.548. The van der Waals surface area contributed by atoms with E-state index in [-0.39, 0.29) is 4.75 Å². The SMILES string of the molecule is SCCC(S)CCC(S)CCC(S)CCC(S)CCC(S)CC(S)(CS)CS. The second-order valence-electron chi connectivity index (χ2n) is 7.84. The van der Waals surface area contributed by atoms with Crippen LogP contribution in [0.25, 0.3) is 0 Å². The van der Waals surface area contributed by atoms with Gasteiger partial charge < -0.3 is 0 Å². The number of thiol groups is 9. The molecule has 9 heteroatoms. The van der Waals surface area contributed by atoms with Gasteiger partial charge in [0.25, 0.3) is 0 Å². The average molecular weight is 557 g/mol. The summed E-state index contributed by atoms with van der Waals surface area (Å²) in [5, 5.41) is 2.05. The summed E-state index contributed by atoms with van der Waals surface area (Å²) in [4.78, 5) is 0. The third-order valence-electron chi connectivity index (χ3n) is 5.00. The molecule has 0 aliphatic carbocycles. The molecule has 0 aromatic rings. The molecule has 0 aliphatic rings. The Bertz CT molecular complexity index is 365. The summed E-state index contributed by atoms with van der Waals surface area (Å²) in [6, 6.07) is 0. The van der Waals surface area contributed by atoms with Crippen LogP contribution in [0.2, 0.25) is 0 Å². The van der Waals surface area contributed by atoms with Gasteiger partial charge in [-0.25, -0.2) is 0 Å². The van der Waals surface area contributed by atoms with Crippen LogP contribution in [-0.4, -0.2) is 48.3 Å². The summed E-state index contributed by atoms with van der Waals surface area (Å²) in [6.07, 6.45) is 10.8. The minimum absolute atomic E-state index is 0.135. The third-order valence-corrected chi connectivity index (χ3v) is 9.97. The Kier molecular flexibility index (Phi) is 20.7. The first-order chi connectivity index (χ1) is 13.2. The van der Waals surface area contributed by atoms with Crippen molar-refractivity contribution in [3.05, 3.63) is 0 Å². The first kappa shape index (κ1) is 31.1. The fourth-order valence-electron chi connectivity index (χ4n) is 2.99. The Hall–Kier alpha value is 3.15. The van der Waals surface area contributed by atoms with E-state index in [2.05, 4.69) is 50.5 Å². The highest BCUT2D eigenvalue weighted by molar-refractivity contribution is 7.87. The van der Waals surface area contributed by atoms with Gasteiger partial charge >= 0.3 is 0 Å². The molecule has 0 radical (unpaired) electrons. The molecule has 0 bridgehead atoms. The van der Waals surface area contributed by atoms with Crippen molar-refractivity contribution in [2.24, 2.45) is 0 Å². The highest BCUT2D eigenvalue weighted by atomic mass is 32.1. The van der Waals surface area contributed by atoms with Crippen molar-refractivity contribution in [1.29, 1.82) is 0 Å². The van der Waals surface area contributed by atoms with Crippen LogP contribution in [-0.2, 0) is 0 Å². The second-order valence-corrected chi connectivity index (χ2v) is 13.5. The van der Waals surface area contributed by atoms with Crippen LogP contribution in [0, 0.1) is 0 Å². The topological polar surface area (TPSA) is 0 Å². The van der Waals surface area contributed by atoms with E-state index >= 15 is 0 Å². The Morgan fingerprint density at radius 2 is 0.750 bits per heavy atom. The quantitative estimate of drug-likeness (QED) is 0.0812. The first-order valence-corrected chi connectivity index (χ1v) is 15.0. The number of rotatable bonds is 18. The molecule has 0 nitrogen and oxygen atoms in total. The van der Waals surface area contributed by atoms with Gasteiger partial charge in [0.2, 0.25) is 0 Å². The minimum Gasteiger partial charge on any atom is -0.179 e. The Morgan fingerprint density at radius 1 is 0.464 bits per heavy atom. The molecule has 0 aromatic carbocycles. The molecule has 0 saturated heterocycles. The molecular formula is C19H40S9. The largest absolute Gasteiger partial charge is 0.179 e. The number of hydrogen-bond donors (Lipinski definition) is 9. The monoisotopic (exact) mass is 556 g/mol. The molecule has 0 amide bonds. The molecule has 0 aliphatic heterocycles. The molecule has 0 N–H and O–H groups in total. The zero-order chi connectivity index (χ0) is 21.6. The smallest absolute Gasteiger partial charge is 0.0316 e. The third kappa shape index (κ3) is 16.7. The van der Waals surface area contributed by atoms with Crippen LogP contribution in [0.5, 0.6) is 0 Å². The van der Waals surface area contributed by atoms with E-state index in [0.29, 0.717) is 26.2 Å². The normalized spacial score (nSPS) is 17.9. The summed E-state index contributed by atoms with van der Waals surface area (Å²) >= 11 is 41.4. The van der Waals surface area contributed by atoms with Crippen LogP contribution in [0.4, 0.5) is 0 Å². The summed E-state index contributed by atoms with van der Waals surface area (Å²) < 4.78 is -0.135. The van der Waals surface area contributed by atoms with Gasteiger partial charge in [0, 0.05) is 42.5 Å². The van der Waals surface area contributed by atoms with Gasteiger partial charge in [-0.3, -0.25) is 0 Å². The van der Waals surface area contributed by atoms with Crippen LogP contribution < -0.4 is 0 Å². The predicted molar refractivity (Wildman–Crippen MR) is 163 cm³/mol. The van der Waals surface area contributed by atoms with Crippen molar-refractivity contribution in [2.45, 2.75) is 95.2 Å². The fourth-order valence-corrected chi connectivity index (χ4v) is 6.19. The van der Waals surface area contributed by atoms with Gasteiger partial charge in [-0.2, -0.15) is 114 Å². The van der Waals surface area contributed by atoms with Crippen LogP contribution in [0.1, 0.15) is 64.2 Å². The van der Waals surface area contributed by atoms with E-state index in [1.54, 1.807) is 0 Å². The minimum atomic E-state index is -0.135. The highest BCUT2D eigenvalue weighted by Crippen LogP contribution is 2.29. The van der Waals surface area contributed by atoms with Gasteiger partial charge in [0.15, 0.2) is 0 Å². The van der Waals surface area contributed by atoms with E-state index in [4.69, 9.17) is 63.1 Å². The fraction of sp³-hybridized carbons (Fsp3) is 1.00. The molecule has 5 unspecified atom stereocenters. The summed E-state index contributed by atoms with van der Waals surface area (Å²) in [5.74, 6) is 2.35. The summed E-state index contributed by atoms with van der Waals surface area (Å²) in [7, 11) is 0. The zero-order valence-corrected chi connectivity index (χ0v) is 24.7. The van der Waals surface area contributed by atoms with Crippen LogP contribution in [0.3, 0.4) is 0 Å². The van der Waals surface area contributed by atoms with Gasteiger partial charge in [-0.05, 0) is 70.0 Å². The maximum atomic E-state index is 4.78. The Morgan fingerprint density at radius 3 is 1.04 bits per heavy atom. The molecule has 0 fully saturated rings. The first-order valence-electron chi connectivity index (χ1n) is 10.1. The van der Waals surface area contributed by atoms with Crippen LogP contribution >= 0.6 is 114 Å². The standard InChI is InChI=1S/C19H40S9/c20-10-9-17(26)6-5-15(24)2-1-14(23)3-4-16(25)7-8-18(27)11-19(28,12-21)13-22/h14-18,20-28H,1-13H2. The van der Waals surface area contributed by atoms with Gasteiger partial charge in [-0.1, -0.05) is 0 Å². The van der Waals surface area contributed by atoms with Gasteiger partial charge in [0.1, 0.15) is 0 Å². The van der Waals surface area contributed by atoms with Crippen molar-refractivity contribution in [3.63, 3.8) is 0 Å². The predicted octanol–water partition coefficient (Wildman–Crippen LogP) is 6.84. The molecule has 28 heavy (non-hydrogen) atoms. The molecule has 0 rings (SSSR count). The molecule has 5 atom stereocenters. The second kappa shape index (κ2) is 18.6. The Labute approximate surface area is 224 Å². The van der Waals surface area contributed by atoms with Crippen molar-refractivity contribution in [2.75, 3.05) is 17.3 Å². The van der Waals surface area contributed by atoms with Gasteiger partial charge in [0.05, 0.1) is 0 Å². The Balaban J connectivity index is 3.89. The van der Waals surface area contributed by atoms with Crippen molar-refractivity contribution >= 4 is 114 Å². The van der Waals surface area contributed by atoms with Crippen LogP contribution in [0.15, 0.2) is 0 Å². The molecule has 170 valence electrons. The highest BCUT2D eigenvalue weighted by Gasteiger charge is 2.25. The van der Waals surface area contributed by atoms with E-state index in [1.807, 2.05) is 0 Å². The van der Waals surface area contributed by atoms with Crippen molar-refractivity contribution in [3.8, 4) is 0 Å². The molecule has 0 saturated carbocycles. The lowest BCUT2D eigenvalue weighted by Gasteiger charge is -2.28. The molecular weight excluding hydrogens is 517 g/mol. The van der Waals surface area contributed by atoms with E-state index in [9.17, 15) is 0 Å². The lowest BCUT2D eigenvalue weighted by Crippen LogP contribution is -2.30. The van der Waals surface area contributed by atoms with Crippen molar-refractivity contribution < 1.29 is 0 Å². The van der Waals surface area contributed by atoms with E-state index in [1.165, 1.54) is 0 Å². The van der Waals surface area contributed by atoms with Gasteiger partial charge in [-0.15, -0.1) is 0 Å².